The minimum absolute atomic E-state index is 0.137. The second-order valence-corrected chi connectivity index (χ2v) is 3.98. The Morgan fingerprint density at radius 3 is 2.28 bits per heavy atom. The highest BCUT2D eigenvalue weighted by molar-refractivity contribution is 7.80. The van der Waals surface area contributed by atoms with Gasteiger partial charge in [0.05, 0.1) is 5.71 Å². The van der Waals surface area contributed by atoms with E-state index in [1.54, 1.807) is 12.4 Å². The van der Waals surface area contributed by atoms with Gasteiger partial charge in [-0.2, -0.15) is 5.10 Å². The van der Waals surface area contributed by atoms with Crippen molar-refractivity contribution in [3.05, 3.63) is 66.0 Å². The van der Waals surface area contributed by atoms with Crippen molar-refractivity contribution in [3.8, 4) is 0 Å². The van der Waals surface area contributed by atoms with Crippen LogP contribution in [0, 0.1) is 0 Å². The summed E-state index contributed by atoms with van der Waals surface area (Å²) in [5, 5.41) is 4.37. The molecule has 4 nitrogen and oxygen atoms in total. The van der Waals surface area contributed by atoms with Crippen LogP contribution in [0.2, 0.25) is 0 Å². The number of benzene rings is 1. The number of aromatic nitrogens is 1. The zero-order valence-electron chi connectivity index (χ0n) is 9.58. The zero-order chi connectivity index (χ0) is 12.8. The molecule has 0 unspecified atom stereocenters. The molecule has 1 heterocycles. The van der Waals surface area contributed by atoms with Crippen LogP contribution in [0.5, 0.6) is 0 Å². The van der Waals surface area contributed by atoms with E-state index in [-0.39, 0.29) is 5.11 Å². The molecule has 0 bridgehead atoms. The summed E-state index contributed by atoms with van der Waals surface area (Å²) in [5.41, 5.74) is 10.7. The number of hydrogen-bond donors (Lipinski definition) is 2. The van der Waals surface area contributed by atoms with Gasteiger partial charge < -0.3 is 5.73 Å². The molecular weight excluding hydrogens is 244 g/mol. The topological polar surface area (TPSA) is 63.3 Å². The first-order valence-corrected chi connectivity index (χ1v) is 5.77. The van der Waals surface area contributed by atoms with Gasteiger partial charge in [-0.3, -0.25) is 10.4 Å². The molecule has 3 N–H and O–H groups in total. The zero-order valence-corrected chi connectivity index (χ0v) is 10.4. The minimum atomic E-state index is 0.137. The number of pyridine rings is 1. The molecule has 18 heavy (non-hydrogen) atoms. The molecule has 0 aliphatic carbocycles. The summed E-state index contributed by atoms with van der Waals surface area (Å²) in [6.07, 6.45) is 3.43. The van der Waals surface area contributed by atoms with E-state index in [2.05, 4.69) is 15.5 Å². The number of nitrogens with two attached hydrogens (primary N) is 1. The third-order valence-electron chi connectivity index (χ3n) is 2.28. The van der Waals surface area contributed by atoms with Crippen molar-refractivity contribution < 1.29 is 0 Å². The lowest BCUT2D eigenvalue weighted by Gasteiger charge is -2.07. The highest BCUT2D eigenvalue weighted by Crippen LogP contribution is 2.09. The second-order valence-electron chi connectivity index (χ2n) is 3.54. The molecule has 0 amide bonds. The quantitative estimate of drug-likeness (QED) is 0.498. The van der Waals surface area contributed by atoms with E-state index in [9.17, 15) is 0 Å². The number of hydrogen-bond acceptors (Lipinski definition) is 3. The molecule has 0 atom stereocenters. The summed E-state index contributed by atoms with van der Waals surface area (Å²) in [6, 6.07) is 13.6. The van der Waals surface area contributed by atoms with Gasteiger partial charge in [-0.1, -0.05) is 30.3 Å². The van der Waals surface area contributed by atoms with E-state index in [1.165, 1.54) is 0 Å². The molecule has 5 heteroatoms. The van der Waals surface area contributed by atoms with Gasteiger partial charge in [0.15, 0.2) is 5.11 Å². The lowest BCUT2D eigenvalue weighted by Crippen LogP contribution is -2.26. The predicted molar refractivity (Wildman–Crippen MR) is 76.2 cm³/mol. The fraction of sp³-hybridized carbons (Fsp3) is 0. The SMILES string of the molecule is NC(=S)N/N=C(/c1ccccc1)c1ccncc1. The van der Waals surface area contributed by atoms with E-state index < -0.39 is 0 Å². The Kier molecular flexibility index (Phi) is 3.98. The number of rotatable bonds is 3. The van der Waals surface area contributed by atoms with Crippen LogP contribution in [0.3, 0.4) is 0 Å². The van der Waals surface area contributed by atoms with Crippen LogP contribution in [0.25, 0.3) is 0 Å². The summed E-state index contributed by atoms with van der Waals surface area (Å²) >= 11 is 4.76. The van der Waals surface area contributed by atoms with Crippen molar-refractivity contribution in [1.82, 2.24) is 10.4 Å². The molecule has 0 fully saturated rings. The summed E-state index contributed by atoms with van der Waals surface area (Å²) < 4.78 is 0. The Morgan fingerprint density at radius 1 is 1.06 bits per heavy atom. The van der Waals surface area contributed by atoms with Gasteiger partial charge in [0.2, 0.25) is 0 Å². The fourth-order valence-electron chi connectivity index (χ4n) is 1.51. The molecule has 0 aliphatic heterocycles. The van der Waals surface area contributed by atoms with Gasteiger partial charge >= 0.3 is 0 Å². The molecular formula is C13H12N4S. The summed E-state index contributed by atoms with van der Waals surface area (Å²) in [4.78, 5) is 3.99. The maximum atomic E-state index is 5.40. The Hall–Kier alpha value is -2.27. The molecule has 0 aliphatic rings. The molecule has 0 saturated heterocycles. The van der Waals surface area contributed by atoms with Crippen LogP contribution in [-0.4, -0.2) is 15.8 Å². The highest BCUT2D eigenvalue weighted by atomic mass is 32.1. The number of thiocarbonyl (C=S) groups is 1. The second kappa shape index (κ2) is 5.88. The van der Waals surface area contributed by atoms with Crippen LogP contribution >= 0.6 is 12.2 Å². The van der Waals surface area contributed by atoms with E-state index in [4.69, 9.17) is 18.0 Å². The highest BCUT2D eigenvalue weighted by Gasteiger charge is 2.06. The normalized spacial score (nSPS) is 11.0. The van der Waals surface area contributed by atoms with Crippen molar-refractivity contribution >= 4 is 23.0 Å². The summed E-state index contributed by atoms with van der Waals surface area (Å²) in [6.45, 7) is 0. The maximum Gasteiger partial charge on any atom is 0.184 e. The smallest absolute Gasteiger partial charge is 0.184 e. The maximum absolute atomic E-state index is 5.40. The van der Waals surface area contributed by atoms with Crippen molar-refractivity contribution in [2.24, 2.45) is 10.8 Å². The van der Waals surface area contributed by atoms with Gasteiger partial charge in [-0.05, 0) is 24.4 Å². The standard InChI is InChI=1S/C13H12N4S/c14-13(18)17-16-12(10-4-2-1-3-5-10)11-6-8-15-9-7-11/h1-9H,(H3,14,17,18)/b16-12-. The molecule has 90 valence electrons. The Labute approximate surface area is 111 Å². The van der Waals surface area contributed by atoms with E-state index in [0.717, 1.165) is 16.8 Å². The number of hydrazone groups is 1. The minimum Gasteiger partial charge on any atom is -0.375 e. The largest absolute Gasteiger partial charge is 0.375 e. The molecule has 1 aromatic heterocycles. The molecule has 2 aromatic rings. The summed E-state index contributed by atoms with van der Waals surface area (Å²) in [7, 11) is 0. The van der Waals surface area contributed by atoms with Crippen molar-refractivity contribution in [1.29, 1.82) is 0 Å². The van der Waals surface area contributed by atoms with E-state index in [1.807, 2.05) is 42.5 Å². The summed E-state index contributed by atoms with van der Waals surface area (Å²) in [5.74, 6) is 0. The molecule has 0 spiro atoms. The van der Waals surface area contributed by atoms with Crippen LogP contribution in [0.15, 0.2) is 60.0 Å². The van der Waals surface area contributed by atoms with Crippen molar-refractivity contribution in [3.63, 3.8) is 0 Å². The lowest BCUT2D eigenvalue weighted by atomic mass is 10.0. The van der Waals surface area contributed by atoms with E-state index in [0.29, 0.717) is 0 Å². The average Bonchev–Trinajstić information content (AvgIpc) is 2.41. The van der Waals surface area contributed by atoms with Gasteiger partial charge in [0, 0.05) is 23.5 Å². The average molecular weight is 256 g/mol. The van der Waals surface area contributed by atoms with Gasteiger partial charge in [-0.15, -0.1) is 0 Å². The third kappa shape index (κ3) is 3.11. The van der Waals surface area contributed by atoms with Gasteiger partial charge in [-0.25, -0.2) is 0 Å². The molecule has 2 rings (SSSR count). The first kappa shape index (κ1) is 12.2. The molecule has 0 saturated carbocycles. The fourth-order valence-corrected chi connectivity index (χ4v) is 1.56. The van der Waals surface area contributed by atoms with Gasteiger partial charge in [0.1, 0.15) is 0 Å². The Balaban J connectivity index is 2.42. The Bertz CT molecular complexity index is 510. The van der Waals surface area contributed by atoms with Crippen molar-refractivity contribution in [2.45, 2.75) is 0 Å². The van der Waals surface area contributed by atoms with Crippen LogP contribution in [-0.2, 0) is 0 Å². The number of nitrogens with zero attached hydrogens (tertiary/aromatic N) is 2. The van der Waals surface area contributed by atoms with Crippen LogP contribution < -0.4 is 11.2 Å². The third-order valence-corrected chi connectivity index (χ3v) is 2.37. The van der Waals surface area contributed by atoms with E-state index >= 15 is 0 Å². The monoisotopic (exact) mass is 256 g/mol. The Morgan fingerprint density at radius 2 is 1.67 bits per heavy atom. The van der Waals surface area contributed by atoms with Crippen LogP contribution in [0.4, 0.5) is 0 Å². The molecule has 1 aromatic carbocycles. The van der Waals surface area contributed by atoms with Crippen molar-refractivity contribution in [2.75, 3.05) is 0 Å². The first-order chi connectivity index (χ1) is 8.77. The first-order valence-electron chi connectivity index (χ1n) is 5.36. The lowest BCUT2D eigenvalue weighted by molar-refractivity contribution is 1.03. The van der Waals surface area contributed by atoms with Gasteiger partial charge in [0.25, 0.3) is 0 Å². The predicted octanol–water partition coefficient (Wildman–Crippen LogP) is 1.67. The number of nitrogens with one attached hydrogen (secondary N) is 1. The molecule has 0 radical (unpaired) electrons. The van der Waals surface area contributed by atoms with Crippen LogP contribution in [0.1, 0.15) is 11.1 Å².